The molecule has 0 radical (unpaired) electrons. The van der Waals surface area contributed by atoms with Crippen molar-refractivity contribution in [2.24, 2.45) is 0 Å². The van der Waals surface area contributed by atoms with Gasteiger partial charge in [-0.1, -0.05) is 139 Å². The van der Waals surface area contributed by atoms with Crippen LogP contribution in [0.4, 0.5) is 0 Å². The highest BCUT2D eigenvalue weighted by atomic mass is 35.5. The minimum Gasteiger partial charge on any atom is -0.508 e. The van der Waals surface area contributed by atoms with Crippen LogP contribution in [0.25, 0.3) is 11.1 Å². The standard InChI is InChI=1S/C29H45P.C17H16O4.C10H11ClO.C7H6O3/c1-19(2)22-17-24(20(3)4)27(25(18-22)21(5)6)23-15-13-14-16-26(23)30(28(7,8)9)29(10,11)12;1-10-6-14(7-11(2)17(10)12(3)18)21-13-4-5-15-16(8-13)20-9-19-15;1-6-4-9(11)5-7(2)10(6)8(3)12;8-5-1-2-6-7(3-5)10-4-9-6/h13-21H,1-12H3;4-8H,9H2,1-3H3;4-5H,1-3H3;1-3,8H,4H2. The second-order valence-electron chi connectivity index (χ2n) is 21.8. The molecule has 0 unspecified atom stereocenters. The van der Waals surface area contributed by atoms with Gasteiger partial charge >= 0.3 is 0 Å². The van der Waals surface area contributed by atoms with Crippen molar-refractivity contribution in [3.63, 3.8) is 0 Å². The van der Waals surface area contributed by atoms with Crippen molar-refractivity contribution in [2.45, 2.75) is 153 Å². The highest BCUT2D eigenvalue weighted by Crippen LogP contribution is 2.60. The predicted octanol–water partition coefficient (Wildman–Crippen LogP) is 17.7. The molecule has 0 atom stereocenters. The number of phenolic OH excluding ortho intramolecular Hbond substituents is 1. The normalized spacial score (nSPS) is 12.5. The Bertz CT molecular complexity index is 2830. The van der Waals surface area contributed by atoms with E-state index in [1.54, 1.807) is 37.4 Å². The van der Waals surface area contributed by atoms with Gasteiger partial charge < -0.3 is 28.8 Å². The Morgan fingerprint density at radius 1 is 0.562 bits per heavy atom. The molecule has 0 aromatic heterocycles. The SMILES string of the molecule is CC(=O)c1c(C)cc(Cl)cc1C.CC(=O)c1c(C)cc(Oc2ccc3c(c2)OCO3)cc1C.CC(C)c1cc(C(C)C)c(-c2ccccc2P(C(C)(C)C)C(C)(C)C)c(C(C)C)c1.Oc1ccc2c(c1)OCO2. The van der Waals surface area contributed by atoms with Crippen molar-refractivity contribution in [3.8, 4) is 51.4 Å². The van der Waals surface area contributed by atoms with E-state index in [0.29, 0.717) is 51.5 Å². The number of Topliss-reactive ketones (excluding diaryl/α,β-unsaturated/α-hetero) is 2. The first-order valence-corrected chi connectivity index (χ1v) is 26.9. The van der Waals surface area contributed by atoms with Crippen LogP contribution in [0.2, 0.25) is 5.02 Å². The van der Waals surface area contributed by atoms with Crippen LogP contribution in [-0.2, 0) is 0 Å². The van der Waals surface area contributed by atoms with E-state index >= 15 is 0 Å². The Hall–Kier alpha value is -5.82. The third-order valence-corrected chi connectivity index (χ3v) is 16.3. The quantitative estimate of drug-likeness (QED) is 0.113. The number of benzene rings is 6. The van der Waals surface area contributed by atoms with Crippen molar-refractivity contribution in [2.75, 3.05) is 13.6 Å². The number of ether oxygens (including phenoxy) is 5. The lowest BCUT2D eigenvalue weighted by molar-refractivity contribution is 0.100. The second-order valence-corrected chi connectivity index (χ2v) is 26.1. The average Bonchev–Trinajstić information content (AvgIpc) is 3.94. The Morgan fingerprint density at radius 2 is 1.00 bits per heavy atom. The predicted molar refractivity (Wildman–Crippen MR) is 304 cm³/mol. The first-order valence-electron chi connectivity index (χ1n) is 25.2. The zero-order valence-corrected chi connectivity index (χ0v) is 48.2. The van der Waals surface area contributed by atoms with Crippen LogP contribution in [0.5, 0.6) is 40.2 Å². The molecule has 2 heterocycles. The zero-order valence-electron chi connectivity index (χ0n) is 46.5. The van der Waals surface area contributed by atoms with Crippen molar-refractivity contribution in [3.05, 3.63) is 152 Å². The van der Waals surface area contributed by atoms with Gasteiger partial charge in [0, 0.05) is 28.3 Å². The molecule has 2 aliphatic heterocycles. The van der Waals surface area contributed by atoms with E-state index in [1.165, 1.54) is 33.9 Å². The van der Waals surface area contributed by atoms with Gasteiger partial charge in [0.25, 0.3) is 0 Å². The molecule has 0 spiro atoms. The number of halogens is 1. The first-order chi connectivity index (χ1) is 34.1. The van der Waals surface area contributed by atoms with E-state index in [4.69, 9.17) is 40.4 Å². The molecule has 0 saturated carbocycles. The maximum absolute atomic E-state index is 11.6. The van der Waals surface area contributed by atoms with Crippen molar-refractivity contribution in [1.82, 2.24) is 0 Å². The number of hydrogen-bond acceptors (Lipinski definition) is 8. The van der Waals surface area contributed by atoms with Gasteiger partial charge in [-0.05, 0) is 174 Å². The summed E-state index contributed by atoms with van der Waals surface area (Å²) in [6, 6.07) is 31.9. The molecule has 0 bridgehead atoms. The summed E-state index contributed by atoms with van der Waals surface area (Å²) in [5.74, 6) is 6.00. The molecule has 6 aromatic rings. The van der Waals surface area contributed by atoms with Crippen LogP contribution >= 0.6 is 19.5 Å². The van der Waals surface area contributed by atoms with Crippen LogP contribution in [0, 0.1) is 27.7 Å². The van der Waals surface area contributed by atoms with Gasteiger partial charge in [-0.2, -0.15) is 0 Å². The van der Waals surface area contributed by atoms with Crippen molar-refractivity contribution < 1.29 is 38.4 Å². The van der Waals surface area contributed by atoms with E-state index in [9.17, 15) is 9.59 Å². The number of ketones is 2. The number of carbonyl (C=O) groups is 2. The number of fused-ring (bicyclic) bond motifs is 2. The average molecular weight is 1030 g/mol. The summed E-state index contributed by atoms with van der Waals surface area (Å²) in [6.45, 7) is 39.9. The molecule has 10 heteroatoms. The number of rotatable bonds is 9. The number of carbonyl (C=O) groups excluding carboxylic acids is 2. The highest BCUT2D eigenvalue weighted by molar-refractivity contribution is 7.68. The maximum Gasteiger partial charge on any atom is 0.231 e. The molecule has 6 aromatic carbocycles. The fourth-order valence-corrected chi connectivity index (χ4v) is 14.3. The smallest absolute Gasteiger partial charge is 0.231 e. The Kier molecular flexibility index (Phi) is 19.5. The third-order valence-electron chi connectivity index (χ3n) is 12.5. The zero-order chi connectivity index (χ0) is 54.3. The minimum atomic E-state index is -0.366. The molecule has 8 rings (SSSR count). The fraction of sp³-hybridized carbons (Fsp3) is 0.397. The molecule has 0 fully saturated rings. The Morgan fingerprint density at radius 3 is 1.45 bits per heavy atom. The van der Waals surface area contributed by atoms with Crippen LogP contribution in [0.3, 0.4) is 0 Å². The summed E-state index contributed by atoms with van der Waals surface area (Å²) >= 11 is 5.82. The molecule has 0 amide bonds. The molecule has 0 aliphatic carbocycles. The molecule has 8 nitrogen and oxygen atoms in total. The monoisotopic (exact) mass is 1030 g/mol. The van der Waals surface area contributed by atoms with Gasteiger partial charge in [0.15, 0.2) is 34.6 Å². The van der Waals surface area contributed by atoms with Gasteiger partial charge in [0.1, 0.15) is 17.2 Å². The summed E-state index contributed by atoms with van der Waals surface area (Å²) in [5.41, 5.74) is 12.7. The van der Waals surface area contributed by atoms with Gasteiger partial charge in [-0.15, -0.1) is 0 Å². The Labute approximate surface area is 442 Å². The summed E-state index contributed by atoms with van der Waals surface area (Å²) < 4.78 is 26.5. The fourth-order valence-electron chi connectivity index (χ4n) is 9.84. The molecule has 73 heavy (non-hydrogen) atoms. The van der Waals surface area contributed by atoms with Gasteiger partial charge in [0.05, 0.1) is 0 Å². The van der Waals surface area contributed by atoms with E-state index in [2.05, 4.69) is 119 Å². The molecular formula is C63H78ClO8P. The second kappa shape index (κ2) is 24.5. The van der Waals surface area contributed by atoms with Crippen LogP contribution in [-0.4, -0.2) is 40.6 Å². The number of phenols is 1. The summed E-state index contributed by atoms with van der Waals surface area (Å²) in [7, 11) is -0.366. The molecule has 390 valence electrons. The molecular weight excluding hydrogens is 951 g/mol. The van der Waals surface area contributed by atoms with E-state index in [0.717, 1.165) is 39.1 Å². The van der Waals surface area contributed by atoms with Crippen LogP contribution < -0.4 is 29.0 Å². The van der Waals surface area contributed by atoms with E-state index < -0.39 is 0 Å². The van der Waals surface area contributed by atoms with E-state index in [-0.39, 0.29) is 49.1 Å². The summed E-state index contributed by atoms with van der Waals surface area (Å²) in [6.07, 6.45) is 0. The van der Waals surface area contributed by atoms with Crippen LogP contribution in [0.1, 0.15) is 174 Å². The van der Waals surface area contributed by atoms with Gasteiger partial charge in [-0.3, -0.25) is 9.59 Å². The van der Waals surface area contributed by atoms with Gasteiger partial charge in [-0.25, -0.2) is 0 Å². The van der Waals surface area contributed by atoms with Gasteiger partial charge in [0.2, 0.25) is 13.6 Å². The maximum atomic E-state index is 11.6. The van der Waals surface area contributed by atoms with Crippen molar-refractivity contribution in [1.29, 1.82) is 0 Å². The number of aryl methyl sites for hydroxylation is 4. The van der Waals surface area contributed by atoms with Crippen LogP contribution in [0.15, 0.2) is 97.1 Å². The minimum absolute atomic E-state index is 0.0691. The molecule has 2 aliphatic rings. The molecule has 0 saturated heterocycles. The molecule has 1 N–H and O–H groups in total. The summed E-state index contributed by atoms with van der Waals surface area (Å²) in [4.78, 5) is 22.8. The number of hydrogen-bond donors (Lipinski definition) is 1. The highest BCUT2D eigenvalue weighted by Gasteiger charge is 2.37. The summed E-state index contributed by atoms with van der Waals surface area (Å²) in [5, 5.41) is 11.7. The largest absolute Gasteiger partial charge is 0.508 e. The lowest BCUT2D eigenvalue weighted by Gasteiger charge is -2.43. The topological polar surface area (TPSA) is 101 Å². The van der Waals surface area contributed by atoms with Crippen molar-refractivity contribution >= 4 is 36.4 Å². The number of aromatic hydroxyl groups is 1. The third kappa shape index (κ3) is 14.9. The first kappa shape index (κ1) is 58.1. The van der Waals surface area contributed by atoms with E-state index in [1.807, 2.05) is 64.1 Å². The lowest BCUT2D eigenvalue weighted by atomic mass is 9.82. The Balaban J connectivity index is 0.000000197. The lowest BCUT2D eigenvalue weighted by Crippen LogP contribution is -2.32.